The SMILES string of the molecule is C[n+]1cc(C(N)=O)cc(C2O[C@H](CO)[C@@H](O)[C@H]2O)c1. The average molecular weight is 269 g/mol. The van der Waals surface area contributed by atoms with E-state index < -0.39 is 36.9 Å². The van der Waals surface area contributed by atoms with Gasteiger partial charge in [-0.3, -0.25) is 4.79 Å². The Bertz CT molecular complexity index is 493. The smallest absolute Gasteiger partial charge is 0.254 e. The lowest BCUT2D eigenvalue weighted by molar-refractivity contribution is -0.672. The zero-order valence-electron chi connectivity index (χ0n) is 10.4. The van der Waals surface area contributed by atoms with Gasteiger partial charge in [0.2, 0.25) is 0 Å². The van der Waals surface area contributed by atoms with Gasteiger partial charge in [-0.25, -0.2) is 4.57 Å². The number of pyridine rings is 1. The summed E-state index contributed by atoms with van der Waals surface area (Å²) < 4.78 is 7.01. The van der Waals surface area contributed by atoms with E-state index >= 15 is 0 Å². The van der Waals surface area contributed by atoms with Gasteiger partial charge in [-0.15, -0.1) is 0 Å². The van der Waals surface area contributed by atoms with Crippen molar-refractivity contribution in [3.05, 3.63) is 29.6 Å². The van der Waals surface area contributed by atoms with E-state index in [4.69, 9.17) is 15.6 Å². The first-order valence-electron chi connectivity index (χ1n) is 5.86. The molecule has 0 aromatic carbocycles. The maximum absolute atomic E-state index is 11.2. The predicted molar refractivity (Wildman–Crippen MR) is 62.8 cm³/mol. The number of hydrogen-bond acceptors (Lipinski definition) is 5. The minimum Gasteiger partial charge on any atom is -0.394 e. The average Bonchev–Trinajstić information content (AvgIpc) is 2.65. The number of nitrogens with zero attached hydrogens (tertiary/aromatic N) is 1. The number of aliphatic hydroxyl groups is 3. The quantitative estimate of drug-likeness (QED) is 0.463. The molecule has 104 valence electrons. The molecule has 19 heavy (non-hydrogen) atoms. The van der Waals surface area contributed by atoms with Crippen LogP contribution in [-0.2, 0) is 11.8 Å². The zero-order valence-corrected chi connectivity index (χ0v) is 10.4. The zero-order chi connectivity index (χ0) is 14.2. The predicted octanol–water partition coefficient (Wildman–Crippen LogP) is -2.24. The number of carbonyl (C=O) groups is 1. The van der Waals surface area contributed by atoms with Crippen molar-refractivity contribution in [2.45, 2.75) is 24.4 Å². The summed E-state index contributed by atoms with van der Waals surface area (Å²) in [5.41, 5.74) is 6.01. The Morgan fingerprint density at radius 1 is 1.42 bits per heavy atom. The van der Waals surface area contributed by atoms with E-state index in [1.54, 1.807) is 24.0 Å². The third kappa shape index (κ3) is 2.59. The lowest BCUT2D eigenvalue weighted by atomic mass is 10.0. The first-order chi connectivity index (χ1) is 8.93. The Morgan fingerprint density at radius 2 is 2.11 bits per heavy atom. The van der Waals surface area contributed by atoms with Crippen molar-refractivity contribution in [1.29, 1.82) is 0 Å². The number of aromatic nitrogens is 1. The Kier molecular flexibility index (Phi) is 3.81. The number of ether oxygens (including phenoxy) is 1. The molecule has 1 aromatic heterocycles. The molecule has 1 aliphatic rings. The molecule has 1 amide bonds. The summed E-state index contributed by atoms with van der Waals surface area (Å²) in [7, 11) is 1.71. The second-order valence-corrected chi connectivity index (χ2v) is 4.65. The molecular formula is C12H17N2O5+. The normalized spacial score (nSPS) is 30.5. The molecule has 1 unspecified atom stereocenters. The van der Waals surface area contributed by atoms with Crippen molar-refractivity contribution in [1.82, 2.24) is 0 Å². The van der Waals surface area contributed by atoms with Gasteiger partial charge in [0.25, 0.3) is 5.91 Å². The monoisotopic (exact) mass is 269 g/mol. The number of carbonyl (C=O) groups excluding carboxylic acids is 1. The van der Waals surface area contributed by atoms with Crippen molar-refractivity contribution in [3.8, 4) is 0 Å². The number of hydrogen-bond donors (Lipinski definition) is 4. The Morgan fingerprint density at radius 3 is 2.63 bits per heavy atom. The largest absolute Gasteiger partial charge is 0.394 e. The van der Waals surface area contributed by atoms with E-state index in [1.807, 2.05) is 0 Å². The molecule has 7 nitrogen and oxygen atoms in total. The highest BCUT2D eigenvalue weighted by molar-refractivity contribution is 5.92. The van der Waals surface area contributed by atoms with Crippen LogP contribution in [0.1, 0.15) is 22.0 Å². The van der Waals surface area contributed by atoms with Crippen LogP contribution >= 0.6 is 0 Å². The maximum Gasteiger partial charge on any atom is 0.254 e. The molecule has 5 N–H and O–H groups in total. The molecule has 1 aromatic rings. The first kappa shape index (κ1) is 13.9. The highest BCUT2D eigenvalue weighted by Crippen LogP contribution is 2.33. The first-order valence-corrected chi connectivity index (χ1v) is 5.86. The second kappa shape index (κ2) is 5.22. The minimum atomic E-state index is -1.17. The van der Waals surface area contributed by atoms with Crippen LogP contribution in [0.4, 0.5) is 0 Å². The number of primary amides is 1. The lowest BCUT2D eigenvalue weighted by Gasteiger charge is -2.14. The molecule has 2 heterocycles. The van der Waals surface area contributed by atoms with Crippen LogP contribution in [0, 0.1) is 0 Å². The van der Waals surface area contributed by atoms with E-state index in [2.05, 4.69) is 0 Å². The van der Waals surface area contributed by atoms with E-state index in [0.29, 0.717) is 5.56 Å². The van der Waals surface area contributed by atoms with Crippen molar-refractivity contribution >= 4 is 5.91 Å². The molecule has 0 spiro atoms. The molecule has 1 aliphatic heterocycles. The Labute approximate surface area is 109 Å². The maximum atomic E-state index is 11.2. The molecule has 0 bridgehead atoms. The van der Waals surface area contributed by atoms with E-state index in [-0.39, 0.29) is 5.56 Å². The number of aliphatic hydroxyl groups excluding tert-OH is 3. The molecule has 1 saturated heterocycles. The Balaban J connectivity index is 2.34. The lowest BCUT2D eigenvalue weighted by Crippen LogP contribution is -2.34. The van der Waals surface area contributed by atoms with Gasteiger partial charge in [0.1, 0.15) is 37.0 Å². The molecule has 0 radical (unpaired) electrons. The number of nitrogens with two attached hydrogens (primary N) is 1. The number of aryl methyl sites for hydroxylation is 1. The third-order valence-corrected chi connectivity index (χ3v) is 3.17. The van der Waals surface area contributed by atoms with E-state index in [0.717, 1.165) is 0 Å². The fourth-order valence-corrected chi connectivity index (χ4v) is 2.21. The van der Waals surface area contributed by atoms with Crippen molar-refractivity contribution < 1.29 is 29.4 Å². The molecule has 0 aliphatic carbocycles. The van der Waals surface area contributed by atoms with Crippen LogP contribution in [0.5, 0.6) is 0 Å². The summed E-state index contributed by atoms with van der Waals surface area (Å²) in [4.78, 5) is 11.2. The molecule has 7 heteroatoms. The molecule has 1 fully saturated rings. The minimum absolute atomic E-state index is 0.276. The number of amides is 1. The molecule has 4 atom stereocenters. The van der Waals surface area contributed by atoms with Crippen LogP contribution in [-0.4, -0.2) is 46.1 Å². The van der Waals surface area contributed by atoms with Crippen molar-refractivity contribution in [2.24, 2.45) is 12.8 Å². The third-order valence-electron chi connectivity index (χ3n) is 3.17. The summed E-state index contributed by atoms with van der Waals surface area (Å²) in [6.07, 6.45) is -0.780. The fraction of sp³-hybridized carbons (Fsp3) is 0.500. The highest BCUT2D eigenvalue weighted by atomic mass is 16.6. The fourth-order valence-electron chi connectivity index (χ4n) is 2.21. The van der Waals surface area contributed by atoms with Gasteiger partial charge in [0.15, 0.2) is 12.4 Å². The van der Waals surface area contributed by atoms with Gasteiger partial charge >= 0.3 is 0 Å². The van der Waals surface area contributed by atoms with Crippen molar-refractivity contribution in [2.75, 3.05) is 6.61 Å². The molecule has 2 rings (SSSR count). The number of rotatable bonds is 3. The van der Waals surface area contributed by atoms with Crippen molar-refractivity contribution in [3.63, 3.8) is 0 Å². The Hall–Kier alpha value is -1.54. The summed E-state index contributed by atoms with van der Waals surface area (Å²) in [5, 5.41) is 28.7. The summed E-state index contributed by atoms with van der Waals surface area (Å²) in [5.74, 6) is -0.593. The van der Waals surface area contributed by atoms with Gasteiger partial charge in [-0.05, 0) is 6.07 Å². The van der Waals surface area contributed by atoms with Gasteiger partial charge in [0, 0.05) is 5.56 Å². The second-order valence-electron chi connectivity index (χ2n) is 4.65. The van der Waals surface area contributed by atoms with E-state index in [1.165, 1.54) is 6.07 Å². The van der Waals surface area contributed by atoms with Gasteiger partial charge in [-0.1, -0.05) is 0 Å². The molecule has 0 saturated carbocycles. The van der Waals surface area contributed by atoms with Crippen LogP contribution in [0.15, 0.2) is 18.5 Å². The van der Waals surface area contributed by atoms with E-state index in [9.17, 15) is 15.0 Å². The van der Waals surface area contributed by atoms with Gasteiger partial charge in [0.05, 0.1) is 6.61 Å². The van der Waals surface area contributed by atoms with Crippen LogP contribution < -0.4 is 10.3 Å². The standard InChI is InChI=1S/C12H16N2O5/c1-14-3-6(2-7(4-14)12(13)18)11-10(17)9(16)8(5-15)19-11/h2-4,8-11,15-17H,5H2,1H3,(H-,13,18)/p+1/t8-,9-,10-,11?/m1/s1. The topological polar surface area (TPSA) is 117 Å². The summed E-state index contributed by atoms with van der Waals surface area (Å²) in [6, 6.07) is 1.50. The van der Waals surface area contributed by atoms with Crippen LogP contribution in [0.2, 0.25) is 0 Å². The molecular weight excluding hydrogens is 252 g/mol. The van der Waals surface area contributed by atoms with Gasteiger partial charge in [-0.2, -0.15) is 0 Å². The van der Waals surface area contributed by atoms with Crippen LogP contribution in [0.25, 0.3) is 0 Å². The van der Waals surface area contributed by atoms with Gasteiger partial charge < -0.3 is 25.8 Å². The summed E-state index contributed by atoms with van der Waals surface area (Å²) in [6.45, 7) is -0.392. The highest BCUT2D eigenvalue weighted by Gasteiger charge is 2.43. The van der Waals surface area contributed by atoms with Crippen LogP contribution in [0.3, 0.4) is 0 Å². The summed E-state index contributed by atoms with van der Waals surface area (Å²) >= 11 is 0.